The molecule has 0 radical (unpaired) electrons. The van der Waals surface area contributed by atoms with Crippen LogP contribution in [0.5, 0.6) is 0 Å². The van der Waals surface area contributed by atoms with E-state index in [-0.39, 0.29) is 18.1 Å². The topological polar surface area (TPSA) is 67.9 Å². The molecule has 0 aromatic carbocycles. The Morgan fingerprint density at radius 3 is 2.62 bits per heavy atom. The van der Waals surface area contributed by atoms with Gasteiger partial charge in [0.25, 0.3) is 0 Å². The Morgan fingerprint density at radius 2 is 2.10 bits per heavy atom. The molecule has 0 saturated carbocycles. The van der Waals surface area contributed by atoms with E-state index >= 15 is 0 Å². The van der Waals surface area contributed by atoms with E-state index in [4.69, 9.17) is 9.47 Å². The fourth-order valence-corrected chi connectivity index (χ4v) is 1.95. The van der Waals surface area contributed by atoms with Gasteiger partial charge in [-0.2, -0.15) is 0 Å². The summed E-state index contributed by atoms with van der Waals surface area (Å²) in [6.45, 7) is 13.8. The quantitative estimate of drug-likeness (QED) is 0.805. The van der Waals surface area contributed by atoms with Gasteiger partial charge in [-0.3, -0.25) is 9.69 Å². The molecule has 1 aliphatic rings. The fourth-order valence-electron chi connectivity index (χ4n) is 1.95. The van der Waals surface area contributed by atoms with E-state index in [1.54, 1.807) is 4.90 Å². The molecule has 0 bridgehead atoms. The Hall–Kier alpha value is -1.56. The maximum atomic E-state index is 12.3. The van der Waals surface area contributed by atoms with Crippen LogP contribution >= 0.6 is 0 Å². The van der Waals surface area contributed by atoms with Crippen LogP contribution in [0.4, 0.5) is 4.79 Å². The number of morpholine rings is 1. The number of rotatable bonds is 3. The van der Waals surface area contributed by atoms with Crippen LogP contribution in [0.1, 0.15) is 34.6 Å². The maximum absolute atomic E-state index is 12.3. The summed E-state index contributed by atoms with van der Waals surface area (Å²) in [7, 11) is 0. The lowest BCUT2D eigenvalue weighted by atomic mass is 10.0. The van der Waals surface area contributed by atoms with Crippen molar-refractivity contribution >= 4 is 12.0 Å². The molecule has 1 heterocycles. The highest BCUT2D eigenvalue weighted by molar-refractivity contribution is 5.86. The molecule has 0 spiro atoms. The summed E-state index contributed by atoms with van der Waals surface area (Å²) < 4.78 is 11.1. The maximum Gasteiger partial charge on any atom is 0.410 e. The number of nitrogens with one attached hydrogen (secondary N) is 1. The fraction of sp³-hybridized carbons (Fsp3) is 0.733. The average Bonchev–Trinajstić information content (AvgIpc) is 2.34. The first kappa shape index (κ1) is 17.5. The number of nitrogens with zero attached hydrogens (tertiary/aromatic N) is 1. The highest BCUT2D eigenvalue weighted by atomic mass is 16.6. The number of ether oxygens (including phenoxy) is 2. The summed E-state index contributed by atoms with van der Waals surface area (Å²) in [6.07, 6.45) is 0.587. The standard InChI is InChI=1S/C15H26N2O4/c1-7-12(18)16-8-11-9-17(15(5,6)10-20-11)13(19)21-14(2,3)4/h7,11H,1,8-10H2,2-6H3,(H,16,18). The lowest BCUT2D eigenvalue weighted by molar-refractivity contribution is -0.119. The van der Waals surface area contributed by atoms with Gasteiger partial charge in [-0.25, -0.2) is 4.79 Å². The van der Waals surface area contributed by atoms with Crippen LogP contribution in [-0.4, -0.2) is 53.8 Å². The number of amides is 2. The van der Waals surface area contributed by atoms with E-state index in [1.165, 1.54) is 6.08 Å². The second-order valence-corrected chi connectivity index (χ2v) is 6.79. The lowest BCUT2D eigenvalue weighted by Gasteiger charge is -2.45. The second-order valence-electron chi connectivity index (χ2n) is 6.79. The molecule has 21 heavy (non-hydrogen) atoms. The Kier molecular flexibility index (Phi) is 5.39. The zero-order valence-electron chi connectivity index (χ0n) is 13.6. The van der Waals surface area contributed by atoms with Crippen molar-refractivity contribution in [3.8, 4) is 0 Å². The van der Waals surface area contributed by atoms with Gasteiger partial charge in [0, 0.05) is 6.54 Å². The molecule has 0 aromatic heterocycles. The van der Waals surface area contributed by atoms with E-state index in [9.17, 15) is 9.59 Å². The van der Waals surface area contributed by atoms with Gasteiger partial charge in [0.2, 0.25) is 5.91 Å². The third kappa shape index (κ3) is 5.38. The zero-order chi connectivity index (χ0) is 16.3. The van der Waals surface area contributed by atoms with Gasteiger partial charge in [-0.1, -0.05) is 6.58 Å². The van der Waals surface area contributed by atoms with Crippen LogP contribution in [0.2, 0.25) is 0 Å². The molecule has 120 valence electrons. The van der Waals surface area contributed by atoms with Crippen molar-refractivity contribution in [2.75, 3.05) is 19.7 Å². The molecule has 1 aliphatic heterocycles. The monoisotopic (exact) mass is 298 g/mol. The minimum absolute atomic E-state index is 0.255. The summed E-state index contributed by atoms with van der Waals surface area (Å²) in [5.41, 5.74) is -0.987. The van der Waals surface area contributed by atoms with Gasteiger partial charge in [0.1, 0.15) is 5.60 Å². The van der Waals surface area contributed by atoms with Crippen molar-refractivity contribution in [3.63, 3.8) is 0 Å². The zero-order valence-corrected chi connectivity index (χ0v) is 13.6. The van der Waals surface area contributed by atoms with Gasteiger partial charge in [0.15, 0.2) is 0 Å². The van der Waals surface area contributed by atoms with Crippen molar-refractivity contribution in [1.82, 2.24) is 10.2 Å². The van der Waals surface area contributed by atoms with Crippen molar-refractivity contribution in [3.05, 3.63) is 12.7 Å². The number of hydrogen-bond acceptors (Lipinski definition) is 4. The molecule has 2 amide bonds. The number of carbonyl (C=O) groups excluding carboxylic acids is 2. The molecular weight excluding hydrogens is 272 g/mol. The molecule has 1 atom stereocenters. The van der Waals surface area contributed by atoms with E-state index in [1.807, 2.05) is 34.6 Å². The molecule has 1 fully saturated rings. The predicted octanol–water partition coefficient (Wildman–Crippen LogP) is 1.70. The predicted molar refractivity (Wildman–Crippen MR) is 80.0 cm³/mol. The average molecular weight is 298 g/mol. The molecule has 1 unspecified atom stereocenters. The number of carbonyl (C=O) groups is 2. The SMILES string of the molecule is C=CC(=O)NCC1CN(C(=O)OC(C)(C)C)C(C)(C)CO1. The summed E-state index contributed by atoms with van der Waals surface area (Å²) in [5.74, 6) is -0.257. The Balaban J connectivity index is 2.68. The minimum Gasteiger partial charge on any atom is -0.444 e. The van der Waals surface area contributed by atoms with Gasteiger partial charge in [-0.15, -0.1) is 0 Å². The molecule has 1 saturated heterocycles. The smallest absolute Gasteiger partial charge is 0.410 e. The summed E-state index contributed by atoms with van der Waals surface area (Å²) >= 11 is 0. The number of hydrogen-bond donors (Lipinski definition) is 1. The first-order valence-electron chi connectivity index (χ1n) is 7.07. The van der Waals surface area contributed by atoms with Crippen LogP contribution < -0.4 is 5.32 Å². The Morgan fingerprint density at radius 1 is 1.48 bits per heavy atom. The Bertz CT molecular complexity index is 412. The van der Waals surface area contributed by atoms with Crippen LogP contribution in [0, 0.1) is 0 Å². The van der Waals surface area contributed by atoms with E-state index in [2.05, 4.69) is 11.9 Å². The molecular formula is C15H26N2O4. The largest absolute Gasteiger partial charge is 0.444 e. The minimum atomic E-state index is -0.544. The van der Waals surface area contributed by atoms with Crippen molar-refractivity contribution in [1.29, 1.82) is 0 Å². The van der Waals surface area contributed by atoms with Gasteiger partial charge < -0.3 is 14.8 Å². The Labute approximate surface area is 126 Å². The van der Waals surface area contributed by atoms with E-state index in [0.29, 0.717) is 19.7 Å². The highest BCUT2D eigenvalue weighted by Gasteiger charge is 2.40. The first-order chi connectivity index (χ1) is 9.55. The third-order valence-electron chi connectivity index (χ3n) is 3.09. The van der Waals surface area contributed by atoms with Crippen LogP contribution in [0.3, 0.4) is 0 Å². The van der Waals surface area contributed by atoms with Crippen LogP contribution in [0.15, 0.2) is 12.7 Å². The first-order valence-corrected chi connectivity index (χ1v) is 7.07. The van der Waals surface area contributed by atoms with Crippen molar-refractivity contribution in [2.24, 2.45) is 0 Å². The van der Waals surface area contributed by atoms with Crippen LogP contribution in [-0.2, 0) is 14.3 Å². The third-order valence-corrected chi connectivity index (χ3v) is 3.09. The molecule has 1 N–H and O–H groups in total. The lowest BCUT2D eigenvalue weighted by Crippen LogP contribution is -2.60. The summed E-state index contributed by atoms with van der Waals surface area (Å²) in [6, 6.07) is 0. The highest BCUT2D eigenvalue weighted by Crippen LogP contribution is 2.24. The van der Waals surface area contributed by atoms with Crippen molar-refractivity contribution in [2.45, 2.75) is 51.9 Å². The van der Waals surface area contributed by atoms with Gasteiger partial charge in [-0.05, 0) is 40.7 Å². The summed E-state index contributed by atoms with van der Waals surface area (Å²) in [5, 5.41) is 2.68. The van der Waals surface area contributed by atoms with Gasteiger partial charge >= 0.3 is 6.09 Å². The molecule has 6 heteroatoms. The van der Waals surface area contributed by atoms with E-state index < -0.39 is 11.1 Å². The summed E-state index contributed by atoms with van der Waals surface area (Å²) in [4.78, 5) is 25.2. The molecule has 6 nitrogen and oxygen atoms in total. The molecule has 1 rings (SSSR count). The molecule has 0 aromatic rings. The van der Waals surface area contributed by atoms with Crippen molar-refractivity contribution < 1.29 is 19.1 Å². The van der Waals surface area contributed by atoms with E-state index in [0.717, 1.165) is 0 Å². The van der Waals surface area contributed by atoms with Crippen LogP contribution in [0.25, 0.3) is 0 Å². The second kappa shape index (κ2) is 6.47. The normalized spacial score (nSPS) is 21.6. The van der Waals surface area contributed by atoms with Gasteiger partial charge in [0.05, 0.1) is 24.8 Å². The molecule has 0 aliphatic carbocycles.